The molecule has 0 bridgehead atoms. The van der Waals surface area contributed by atoms with Crippen LogP contribution in [-0.4, -0.2) is 24.6 Å². The lowest BCUT2D eigenvalue weighted by atomic mass is 10.2. The van der Waals surface area contributed by atoms with Crippen LogP contribution in [-0.2, 0) is 10.0 Å². The number of nitrogens with one attached hydrogen (secondary N) is 1. The fourth-order valence-electron chi connectivity index (χ4n) is 2.27. The SMILES string of the molecule is O=C(O)c1cc(S(=O)(=O)Nc2ccc(N=Nc3ccccc3)cc2)ccc1O. The third-order valence-corrected chi connectivity index (χ3v) is 5.04. The average Bonchev–Trinajstić information content (AvgIpc) is 2.68. The van der Waals surface area contributed by atoms with E-state index in [0.29, 0.717) is 11.4 Å². The molecule has 0 aliphatic heterocycles. The van der Waals surface area contributed by atoms with Crippen LogP contribution < -0.4 is 4.72 Å². The van der Waals surface area contributed by atoms with E-state index < -0.39 is 27.3 Å². The van der Waals surface area contributed by atoms with Gasteiger partial charge in [0.2, 0.25) is 0 Å². The fourth-order valence-corrected chi connectivity index (χ4v) is 3.36. The monoisotopic (exact) mass is 397 g/mol. The zero-order valence-electron chi connectivity index (χ0n) is 14.4. The summed E-state index contributed by atoms with van der Waals surface area (Å²) in [5.74, 6) is -1.94. The number of hydrogen-bond donors (Lipinski definition) is 3. The Balaban J connectivity index is 1.77. The molecule has 0 aliphatic carbocycles. The molecule has 3 N–H and O–H groups in total. The molecule has 142 valence electrons. The summed E-state index contributed by atoms with van der Waals surface area (Å²) in [6, 6.07) is 18.4. The topological polar surface area (TPSA) is 128 Å². The van der Waals surface area contributed by atoms with Crippen molar-refractivity contribution in [1.82, 2.24) is 0 Å². The highest BCUT2D eigenvalue weighted by Gasteiger charge is 2.19. The van der Waals surface area contributed by atoms with Crippen molar-refractivity contribution in [3.05, 3.63) is 78.4 Å². The molecule has 28 heavy (non-hydrogen) atoms. The van der Waals surface area contributed by atoms with E-state index >= 15 is 0 Å². The second-order valence-electron chi connectivity index (χ2n) is 5.67. The summed E-state index contributed by atoms with van der Waals surface area (Å²) >= 11 is 0. The number of aromatic carboxylic acids is 1. The van der Waals surface area contributed by atoms with Gasteiger partial charge < -0.3 is 10.2 Å². The minimum atomic E-state index is -4.03. The normalized spacial score (nSPS) is 11.4. The molecule has 0 amide bonds. The Hall–Kier alpha value is -3.72. The number of anilines is 1. The number of carboxylic acids is 1. The van der Waals surface area contributed by atoms with Gasteiger partial charge >= 0.3 is 5.97 Å². The number of carboxylic acid groups (broad SMARTS) is 1. The maximum absolute atomic E-state index is 12.5. The van der Waals surface area contributed by atoms with E-state index in [4.69, 9.17) is 5.11 Å². The average molecular weight is 397 g/mol. The predicted molar refractivity (Wildman–Crippen MR) is 103 cm³/mol. The van der Waals surface area contributed by atoms with E-state index in [1.165, 1.54) is 12.1 Å². The Morgan fingerprint density at radius 3 is 2.07 bits per heavy atom. The van der Waals surface area contributed by atoms with Gasteiger partial charge in [-0.25, -0.2) is 13.2 Å². The number of benzene rings is 3. The molecule has 9 heteroatoms. The van der Waals surface area contributed by atoms with Crippen LogP contribution in [0, 0.1) is 0 Å². The van der Waals surface area contributed by atoms with Crippen molar-refractivity contribution >= 4 is 33.1 Å². The molecule has 8 nitrogen and oxygen atoms in total. The molecule has 3 aromatic carbocycles. The molecule has 3 aromatic rings. The number of aromatic hydroxyl groups is 1. The molecule has 0 atom stereocenters. The van der Waals surface area contributed by atoms with Crippen LogP contribution in [0.25, 0.3) is 0 Å². The zero-order chi connectivity index (χ0) is 20.1. The second-order valence-corrected chi connectivity index (χ2v) is 7.35. The maximum atomic E-state index is 12.5. The summed E-state index contributed by atoms with van der Waals surface area (Å²) in [5, 5.41) is 26.7. The van der Waals surface area contributed by atoms with Gasteiger partial charge in [-0.15, -0.1) is 0 Å². The van der Waals surface area contributed by atoms with Crippen LogP contribution >= 0.6 is 0 Å². The molecule has 0 heterocycles. The van der Waals surface area contributed by atoms with E-state index in [0.717, 1.165) is 18.2 Å². The third-order valence-electron chi connectivity index (χ3n) is 3.67. The largest absolute Gasteiger partial charge is 0.507 e. The lowest BCUT2D eigenvalue weighted by Crippen LogP contribution is -2.13. The first-order valence-electron chi connectivity index (χ1n) is 8.01. The van der Waals surface area contributed by atoms with Crippen LogP contribution in [0.2, 0.25) is 0 Å². The molecule has 0 fully saturated rings. The Bertz CT molecular complexity index is 1130. The first-order chi connectivity index (χ1) is 13.3. The standard InChI is InChI=1S/C19H15N3O5S/c23-18-11-10-16(12-17(18)19(24)25)28(26,27)22-15-8-6-14(7-9-15)21-20-13-4-2-1-3-5-13/h1-12,22-23H,(H,24,25). The molecule has 0 saturated heterocycles. The Labute approximate surface area is 160 Å². The van der Waals surface area contributed by atoms with E-state index in [-0.39, 0.29) is 10.6 Å². The molecular weight excluding hydrogens is 382 g/mol. The summed E-state index contributed by atoms with van der Waals surface area (Å²) in [5.41, 5.74) is 0.988. The van der Waals surface area contributed by atoms with Gasteiger partial charge in [0.25, 0.3) is 10.0 Å². The zero-order valence-corrected chi connectivity index (χ0v) is 15.2. The van der Waals surface area contributed by atoms with Crippen molar-refractivity contribution in [2.75, 3.05) is 4.72 Å². The lowest BCUT2D eigenvalue weighted by Gasteiger charge is -2.09. The summed E-state index contributed by atoms with van der Waals surface area (Å²) in [4.78, 5) is 10.8. The van der Waals surface area contributed by atoms with Gasteiger partial charge in [0.15, 0.2) is 0 Å². The van der Waals surface area contributed by atoms with E-state index in [1.54, 1.807) is 24.3 Å². The smallest absolute Gasteiger partial charge is 0.339 e. The van der Waals surface area contributed by atoms with E-state index in [1.807, 2.05) is 18.2 Å². The van der Waals surface area contributed by atoms with Crippen molar-refractivity contribution in [2.24, 2.45) is 10.2 Å². The Kier molecular flexibility index (Phi) is 5.37. The first-order valence-corrected chi connectivity index (χ1v) is 9.49. The summed E-state index contributed by atoms with van der Waals surface area (Å²) in [6.07, 6.45) is 0. The van der Waals surface area contributed by atoms with Gasteiger partial charge in [0.1, 0.15) is 11.3 Å². The second kappa shape index (κ2) is 7.89. The Morgan fingerprint density at radius 2 is 1.46 bits per heavy atom. The number of azo groups is 1. The Morgan fingerprint density at radius 1 is 0.857 bits per heavy atom. The first kappa shape index (κ1) is 19.1. The number of phenols is 1. The summed E-state index contributed by atoms with van der Waals surface area (Å²) < 4.78 is 27.3. The molecule has 3 rings (SSSR count). The minimum Gasteiger partial charge on any atom is -0.507 e. The van der Waals surface area contributed by atoms with Gasteiger partial charge in [0, 0.05) is 5.69 Å². The molecule has 0 unspecified atom stereocenters. The van der Waals surface area contributed by atoms with Crippen molar-refractivity contribution in [2.45, 2.75) is 4.90 Å². The number of hydrogen-bond acceptors (Lipinski definition) is 6. The number of nitrogens with zero attached hydrogens (tertiary/aromatic N) is 2. The van der Waals surface area contributed by atoms with Gasteiger partial charge in [-0.05, 0) is 54.6 Å². The highest BCUT2D eigenvalue weighted by molar-refractivity contribution is 7.92. The van der Waals surface area contributed by atoms with E-state index in [9.17, 15) is 18.3 Å². The molecular formula is C19H15N3O5S. The van der Waals surface area contributed by atoms with Gasteiger partial charge in [-0.2, -0.15) is 10.2 Å². The molecule has 0 aromatic heterocycles. The van der Waals surface area contributed by atoms with Crippen LogP contribution in [0.15, 0.2) is 87.9 Å². The lowest BCUT2D eigenvalue weighted by molar-refractivity contribution is 0.0693. The molecule has 0 aliphatic rings. The number of rotatable bonds is 6. The fraction of sp³-hybridized carbons (Fsp3) is 0. The predicted octanol–water partition coefficient (Wildman–Crippen LogP) is 4.31. The molecule has 0 spiro atoms. The summed E-state index contributed by atoms with van der Waals surface area (Å²) in [7, 11) is -4.03. The quantitative estimate of drug-likeness (QED) is 0.534. The van der Waals surface area contributed by atoms with Crippen LogP contribution in [0.1, 0.15) is 10.4 Å². The van der Waals surface area contributed by atoms with Gasteiger partial charge in [-0.3, -0.25) is 4.72 Å². The van der Waals surface area contributed by atoms with Crippen LogP contribution in [0.5, 0.6) is 5.75 Å². The van der Waals surface area contributed by atoms with Gasteiger partial charge in [0.05, 0.1) is 16.3 Å². The van der Waals surface area contributed by atoms with Crippen molar-refractivity contribution in [3.8, 4) is 5.75 Å². The van der Waals surface area contributed by atoms with Crippen molar-refractivity contribution in [3.63, 3.8) is 0 Å². The molecule has 0 saturated carbocycles. The maximum Gasteiger partial charge on any atom is 0.339 e. The highest BCUT2D eigenvalue weighted by atomic mass is 32.2. The summed E-state index contributed by atoms with van der Waals surface area (Å²) in [6.45, 7) is 0. The highest BCUT2D eigenvalue weighted by Crippen LogP contribution is 2.25. The minimum absolute atomic E-state index is 0.267. The number of carbonyl (C=O) groups is 1. The van der Waals surface area contributed by atoms with Crippen LogP contribution in [0.4, 0.5) is 17.1 Å². The number of sulfonamides is 1. The van der Waals surface area contributed by atoms with Gasteiger partial charge in [-0.1, -0.05) is 18.2 Å². The molecule has 0 radical (unpaired) electrons. The van der Waals surface area contributed by atoms with Crippen LogP contribution in [0.3, 0.4) is 0 Å². The van der Waals surface area contributed by atoms with Crippen molar-refractivity contribution < 1.29 is 23.4 Å². The third kappa shape index (κ3) is 4.51. The van der Waals surface area contributed by atoms with Crippen molar-refractivity contribution in [1.29, 1.82) is 0 Å². The van der Waals surface area contributed by atoms with E-state index in [2.05, 4.69) is 15.0 Å².